The van der Waals surface area contributed by atoms with Crippen molar-refractivity contribution >= 4 is 22.6 Å². The fourth-order valence-corrected chi connectivity index (χ4v) is 1.21. The summed E-state index contributed by atoms with van der Waals surface area (Å²) in [6.45, 7) is 2.94. The molecule has 0 aliphatic rings. The van der Waals surface area contributed by atoms with Gasteiger partial charge in [0, 0.05) is 3.92 Å². The minimum atomic E-state index is -0.376. The number of rotatable bonds is 5. The van der Waals surface area contributed by atoms with Gasteiger partial charge in [-0.3, -0.25) is 0 Å². The molecule has 0 saturated heterocycles. The Kier molecular flexibility index (Phi) is 5.44. The second kappa shape index (κ2) is 6.37. The van der Waals surface area contributed by atoms with E-state index in [1.54, 1.807) is 0 Å². The van der Waals surface area contributed by atoms with E-state index in [-0.39, 0.29) is 10.0 Å². The molecule has 0 heterocycles. The van der Waals surface area contributed by atoms with Gasteiger partial charge in [0.2, 0.25) is 0 Å². The summed E-state index contributed by atoms with van der Waals surface area (Å²) < 4.78 is 5.61. The van der Waals surface area contributed by atoms with Crippen LogP contribution in [0.25, 0.3) is 0 Å². The Morgan fingerprint density at radius 3 is 2.57 bits per heavy atom. The first kappa shape index (κ1) is 11.9. The van der Waals surface area contributed by atoms with Crippen molar-refractivity contribution in [2.45, 2.75) is 23.6 Å². The lowest BCUT2D eigenvalue weighted by Gasteiger charge is -2.13. The fourth-order valence-electron chi connectivity index (χ4n) is 1.00. The van der Waals surface area contributed by atoms with E-state index in [1.165, 1.54) is 0 Å². The van der Waals surface area contributed by atoms with Crippen molar-refractivity contribution in [3.8, 4) is 0 Å². The van der Waals surface area contributed by atoms with Crippen molar-refractivity contribution in [2.75, 3.05) is 6.61 Å². The molecule has 78 valence electrons. The highest BCUT2D eigenvalue weighted by Crippen LogP contribution is 2.07. The fraction of sp³-hybridized carbons (Fsp3) is 0.455. The van der Waals surface area contributed by atoms with E-state index in [2.05, 4.69) is 22.6 Å². The molecule has 2 atom stereocenters. The first-order chi connectivity index (χ1) is 6.70. The molecule has 0 saturated carbocycles. The van der Waals surface area contributed by atoms with Crippen molar-refractivity contribution in [3.63, 3.8) is 0 Å². The van der Waals surface area contributed by atoms with Crippen LogP contribution < -0.4 is 0 Å². The molecule has 0 aliphatic carbocycles. The highest BCUT2D eigenvalue weighted by molar-refractivity contribution is 14.1. The number of aliphatic hydroxyl groups is 1. The molecule has 0 aliphatic heterocycles. The highest BCUT2D eigenvalue weighted by Gasteiger charge is 2.09. The summed E-state index contributed by atoms with van der Waals surface area (Å²) in [7, 11) is 0. The summed E-state index contributed by atoms with van der Waals surface area (Å²) in [5.41, 5.74) is 1.14. The minimum absolute atomic E-state index is 0.225. The average Bonchev–Trinajstić information content (AvgIpc) is 2.19. The molecule has 1 aromatic carbocycles. The molecule has 1 aromatic rings. The van der Waals surface area contributed by atoms with Crippen LogP contribution in [0.15, 0.2) is 30.3 Å². The van der Waals surface area contributed by atoms with Crippen LogP contribution in [0.5, 0.6) is 0 Å². The van der Waals surface area contributed by atoms with Gasteiger partial charge in [-0.1, -0.05) is 59.8 Å². The maximum absolute atomic E-state index is 9.47. The number of hydrogen-bond donors (Lipinski definition) is 1. The molecule has 0 bridgehead atoms. The van der Waals surface area contributed by atoms with Crippen LogP contribution in [-0.4, -0.2) is 21.7 Å². The lowest BCUT2D eigenvalue weighted by molar-refractivity contribution is 0.0316. The largest absolute Gasteiger partial charge is 0.390 e. The van der Waals surface area contributed by atoms with Gasteiger partial charge in [0.15, 0.2) is 0 Å². The minimum Gasteiger partial charge on any atom is -0.390 e. The number of aliphatic hydroxyl groups excluding tert-OH is 1. The monoisotopic (exact) mass is 306 g/mol. The third-order valence-electron chi connectivity index (χ3n) is 1.93. The molecule has 0 unspecified atom stereocenters. The SMILES string of the molecule is C[C@@H](I)[C@@H](O)COCc1ccccc1. The van der Waals surface area contributed by atoms with Gasteiger partial charge in [0.05, 0.1) is 19.3 Å². The van der Waals surface area contributed by atoms with E-state index < -0.39 is 0 Å². The number of hydrogen-bond acceptors (Lipinski definition) is 2. The zero-order valence-electron chi connectivity index (χ0n) is 8.19. The van der Waals surface area contributed by atoms with E-state index >= 15 is 0 Å². The van der Waals surface area contributed by atoms with Crippen LogP contribution in [0.2, 0.25) is 0 Å². The number of alkyl halides is 1. The molecule has 2 nitrogen and oxygen atoms in total. The second-order valence-electron chi connectivity index (χ2n) is 3.25. The Bertz CT molecular complexity index is 249. The molecule has 0 spiro atoms. The molecule has 0 amide bonds. The standard InChI is InChI=1S/C11H15IO2/c1-9(12)11(13)8-14-7-10-5-3-2-4-6-10/h2-6,9,11,13H,7-8H2,1H3/t9-,11+/m1/s1. The van der Waals surface area contributed by atoms with Gasteiger partial charge in [-0.15, -0.1) is 0 Å². The van der Waals surface area contributed by atoms with Crippen molar-refractivity contribution in [3.05, 3.63) is 35.9 Å². The van der Waals surface area contributed by atoms with Gasteiger partial charge in [0.1, 0.15) is 0 Å². The number of halogens is 1. The van der Waals surface area contributed by atoms with Crippen LogP contribution >= 0.6 is 22.6 Å². The van der Waals surface area contributed by atoms with Crippen LogP contribution in [-0.2, 0) is 11.3 Å². The summed E-state index contributed by atoms with van der Waals surface area (Å²) in [6.07, 6.45) is -0.376. The number of benzene rings is 1. The predicted octanol–water partition coefficient (Wildman–Crippen LogP) is 2.39. The summed E-state index contributed by atoms with van der Waals surface area (Å²) in [5.74, 6) is 0. The molecule has 14 heavy (non-hydrogen) atoms. The summed E-state index contributed by atoms with van der Waals surface area (Å²) in [6, 6.07) is 9.97. The molecular weight excluding hydrogens is 291 g/mol. The molecule has 0 aromatic heterocycles. The molecule has 3 heteroatoms. The summed E-state index contributed by atoms with van der Waals surface area (Å²) in [5, 5.41) is 9.47. The smallest absolute Gasteiger partial charge is 0.0888 e. The van der Waals surface area contributed by atoms with Crippen molar-refractivity contribution in [1.82, 2.24) is 0 Å². The zero-order chi connectivity index (χ0) is 10.4. The van der Waals surface area contributed by atoms with Crippen LogP contribution in [0, 0.1) is 0 Å². The zero-order valence-corrected chi connectivity index (χ0v) is 10.3. The Balaban J connectivity index is 2.22. The van der Waals surface area contributed by atoms with Gasteiger partial charge in [0.25, 0.3) is 0 Å². The van der Waals surface area contributed by atoms with Crippen LogP contribution in [0.4, 0.5) is 0 Å². The van der Waals surface area contributed by atoms with Crippen LogP contribution in [0.1, 0.15) is 12.5 Å². The average molecular weight is 306 g/mol. The maximum Gasteiger partial charge on any atom is 0.0888 e. The van der Waals surface area contributed by atoms with Crippen molar-refractivity contribution in [1.29, 1.82) is 0 Å². The van der Waals surface area contributed by atoms with Gasteiger partial charge >= 0.3 is 0 Å². The van der Waals surface area contributed by atoms with Gasteiger partial charge in [-0.05, 0) is 5.56 Å². The van der Waals surface area contributed by atoms with E-state index in [9.17, 15) is 5.11 Å². The van der Waals surface area contributed by atoms with E-state index in [0.29, 0.717) is 13.2 Å². The Morgan fingerprint density at radius 1 is 1.36 bits per heavy atom. The molecular formula is C11H15IO2. The molecule has 1 rings (SSSR count). The Labute approximate surface area is 98.4 Å². The third-order valence-corrected chi connectivity index (χ3v) is 2.76. The van der Waals surface area contributed by atoms with E-state index in [1.807, 2.05) is 37.3 Å². The second-order valence-corrected chi connectivity index (χ2v) is 5.21. The Hall–Kier alpha value is -0.130. The first-order valence-corrected chi connectivity index (χ1v) is 5.88. The molecule has 0 fully saturated rings. The molecule has 1 N–H and O–H groups in total. The topological polar surface area (TPSA) is 29.5 Å². The van der Waals surface area contributed by atoms with Gasteiger partial charge in [-0.2, -0.15) is 0 Å². The number of ether oxygens (including phenoxy) is 1. The van der Waals surface area contributed by atoms with Gasteiger partial charge in [-0.25, -0.2) is 0 Å². The Morgan fingerprint density at radius 2 is 2.00 bits per heavy atom. The summed E-state index contributed by atoms with van der Waals surface area (Å²) >= 11 is 2.19. The first-order valence-electron chi connectivity index (χ1n) is 4.64. The molecule has 0 radical (unpaired) electrons. The van der Waals surface area contributed by atoms with Gasteiger partial charge < -0.3 is 9.84 Å². The third kappa shape index (κ3) is 4.39. The maximum atomic E-state index is 9.47. The lowest BCUT2D eigenvalue weighted by Crippen LogP contribution is -2.23. The highest BCUT2D eigenvalue weighted by atomic mass is 127. The lowest BCUT2D eigenvalue weighted by atomic mass is 10.2. The van der Waals surface area contributed by atoms with Crippen molar-refractivity contribution < 1.29 is 9.84 Å². The quantitative estimate of drug-likeness (QED) is 0.668. The predicted molar refractivity (Wildman–Crippen MR) is 65.6 cm³/mol. The van der Waals surface area contributed by atoms with E-state index in [4.69, 9.17) is 4.74 Å². The van der Waals surface area contributed by atoms with Crippen LogP contribution in [0.3, 0.4) is 0 Å². The van der Waals surface area contributed by atoms with E-state index in [0.717, 1.165) is 5.56 Å². The van der Waals surface area contributed by atoms with Crippen molar-refractivity contribution in [2.24, 2.45) is 0 Å². The summed E-state index contributed by atoms with van der Waals surface area (Å²) in [4.78, 5) is 0. The normalized spacial score (nSPS) is 15.1.